The maximum atomic E-state index is 12.6. The van der Waals surface area contributed by atoms with Gasteiger partial charge in [-0.3, -0.25) is 14.6 Å². The summed E-state index contributed by atoms with van der Waals surface area (Å²) in [6.45, 7) is 2.26. The molecule has 0 saturated carbocycles. The predicted molar refractivity (Wildman–Crippen MR) is 91.9 cm³/mol. The van der Waals surface area contributed by atoms with Crippen LogP contribution in [0.25, 0.3) is 0 Å². The van der Waals surface area contributed by atoms with Crippen molar-refractivity contribution in [3.63, 3.8) is 0 Å². The molecule has 0 aromatic carbocycles. The number of anilines is 1. The first-order chi connectivity index (χ1) is 11.1. The molecule has 0 N–H and O–H groups in total. The fourth-order valence-corrected chi connectivity index (χ4v) is 5.17. The van der Waals surface area contributed by atoms with Gasteiger partial charge in [-0.25, -0.2) is 0 Å². The van der Waals surface area contributed by atoms with E-state index in [0.29, 0.717) is 13.0 Å². The SMILES string of the molecule is CC(=O)SC1CC(=O)N(c2c3c(nc4c2CCC4)CCCC3)C1. The summed E-state index contributed by atoms with van der Waals surface area (Å²) >= 11 is 1.32. The minimum atomic E-state index is 0.101. The first-order valence-corrected chi connectivity index (χ1v) is 9.52. The lowest BCUT2D eigenvalue weighted by atomic mass is 9.91. The van der Waals surface area contributed by atoms with Crippen LogP contribution in [0.4, 0.5) is 5.69 Å². The van der Waals surface area contributed by atoms with Crippen LogP contribution in [-0.4, -0.2) is 27.8 Å². The number of rotatable bonds is 2. The molecule has 1 aromatic heterocycles. The zero-order valence-electron chi connectivity index (χ0n) is 13.6. The Labute approximate surface area is 141 Å². The predicted octanol–water partition coefficient (Wildman–Crippen LogP) is 2.83. The summed E-state index contributed by atoms with van der Waals surface area (Å²) in [5.41, 5.74) is 6.25. The van der Waals surface area contributed by atoms with E-state index in [1.165, 1.54) is 52.8 Å². The monoisotopic (exact) mass is 330 g/mol. The molecule has 1 aliphatic heterocycles. The average Bonchev–Trinajstić information content (AvgIpc) is 3.10. The Hall–Kier alpha value is -1.36. The van der Waals surface area contributed by atoms with Crippen molar-refractivity contribution in [3.05, 3.63) is 22.5 Å². The highest BCUT2D eigenvalue weighted by molar-refractivity contribution is 8.14. The third-order valence-corrected chi connectivity index (χ3v) is 6.14. The van der Waals surface area contributed by atoms with Crippen molar-refractivity contribution < 1.29 is 9.59 Å². The molecule has 5 heteroatoms. The summed E-state index contributed by atoms with van der Waals surface area (Å²) in [6.07, 6.45) is 8.19. The molecule has 23 heavy (non-hydrogen) atoms. The molecular formula is C18H22N2O2S. The average molecular weight is 330 g/mol. The van der Waals surface area contributed by atoms with Gasteiger partial charge in [0.1, 0.15) is 0 Å². The second-order valence-electron chi connectivity index (χ2n) is 6.81. The fraction of sp³-hybridized carbons (Fsp3) is 0.611. The van der Waals surface area contributed by atoms with Crippen molar-refractivity contribution in [1.29, 1.82) is 0 Å². The van der Waals surface area contributed by atoms with E-state index in [1.54, 1.807) is 6.92 Å². The van der Waals surface area contributed by atoms with Gasteiger partial charge in [-0.1, -0.05) is 11.8 Å². The molecule has 2 aliphatic carbocycles. The van der Waals surface area contributed by atoms with Crippen molar-refractivity contribution in [2.24, 2.45) is 0 Å². The van der Waals surface area contributed by atoms with Gasteiger partial charge in [0.25, 0.3) is 0 Å². The fourth-order valence-electron chi connectivity index (χ4n) is 4.25. The number of carbonyl (C=O) groups excluding carboxylic acids is 2. The molecule has 1 atom stereocenters. The minimum Gasteiger partial charge on any atom is -0.311 e. The van der Waals surface area contributed by atoms with E-state index in [9.17, 15) is 9.59 Å². The van der Waals surface area contributed by atoms with Crippen LogP contribution in [0.5, 0.6) is 0 Å². The maximum Gasteiger partial charge on any atom is 0.228 e. The Morgan fingerprint density at radius 3 is 2.48 bits per heavy atom. The van der Waals surface area contributed by atoms with Gasteiger partial charge in [-0.05, 0) is 56.1 Å². The molecular weight excluding hydrogens is 308 g/mol. The molecule has 122 valence electrons. The van der Waals surface area contributed by atoms with Crippen LogP contribution in [0.1, 0.15) is 55.1 Å². The molecule has 0 bridgehead atoms. The smallest absolute Gasteiger partial charge is 0.228 e. The van der Waals surface area contributed by atoms with Crippen molar-refractivity contribution >= 4 is 28.5 Å². The number of pyridine rings is 1. The number of aromatic nitrogens is 1. The van der Waals surface area contributed by atoms with Crippen LogP contribution in [0.15, 0.2) is 0 Å². The maximum absolute atomic E-state index is 12.6. The molecule has 1 fully saturated rings. The number of amides is 1. The minimum absolute atomic E-state index is 0.101. The van der Waals surface area contributed by atoms with Crippen molar-refractivity contribution in [3.8, 4) is 0 Å². The molecule has 2 heterocycles. The first kappa shape index (κ1) is 15.2. The van der Waals surface area contributed by atoms with Gasteiger partial charge >= 0.3 is 0 Å². The van der Waals surface area contributed by atoms with Crippen molar-refractivity contribution in [2.75, 3.05) is 11.4 Å². The number of thioether (sulfide) groups is 1. The van der Waals surface area contributed by atoms with Crippen LogP contribution in [-0.2, 0) is 35.3 Å². The molecule has 0 radical (unpaired) electrons. The topological polar surface area (TPSA) is 50.3 Å². The molecule has 1 amide bonds. The second kappa shape index (κ2) is 5.93. The van der Waals surface area contributed by atoms with E-state index in [0.717, 1.165) is 32.1 Å². The van der Waals surface area contributed by atoms with Gasteiger partial charge < -0.3 is 4.90 Å². The number of fused-ring (bicyclic) bond motifs is 2. The third kappa shape index (κ3) is 2.69. The second-order valence-corrected chi connectivity index (χ2v) is 8.29. The van der Waals surface area contributed by atoms with Gasteiger partial charge in [-0.2, -0.15) is 0 Å². The summed E-state index contributed by atoms with van der Waals surface area (Å²) in [4.78, 5) is 30.9. The molecule has 1 aromatic rings. The highest BCUT2D eigenvalue weighted by Crippen LogP contribution is 2.40. The van der Waals surface area contributed by atoms with Crippen LogP contribution in [0.2, 0.25) is 0 Å². The Kier molecular flexibility index (Phi) is 3.92. The van der Waals surface area contributed by atoms with Gasteiger partial charge in [0.2, 0.25) is 5.91 Å². The summed E-state index contributed by atoms with van der Waals surface area (Å²) in [7, 11) is 0. The lowest BCUT2D eigenvalue weighted by molar-refractivity contribution is -0.117. The quantitative estimate of drug-likeness (QED) is 0.837. The van der Waals surface area contributed by atoms with Crippen LogP contribution >= 0.6 is 11.8 Å². The summed E-state index contributed by atoms with van der Waals surface area (Å²) in [5, 5.41) is 0.205. The molecule has 3 aliphatic rings. The highest BCUT2D eigenvalue weighted by Gasteiger charge is 2.36. The van der Waals surface area contributed by atoms with Gasteiger partial charge in [0.05, 0.1) is 5.69 Å². The standard InChI is InChI=1S/C18H22N2O2S/c1-11(21)23-12-9-17(22)20(10-12)18-13-5-2-3-7-15(13)19-16-8-4-6-14(16)18/h12H,2-10H2,1H3. The van der Waals surface area contributed by atoms with E-state index in [2.05, 4.69) is 0 Å². The van der Waals surface area contributed by atoms with Crippen LogP contribution in [0, 0.1) is 0 Å². The zero-order valence-corrected chi connectivity index (χ0v) is 14.4. The lowest BCUT2D eigenvalue weighted by Gasteiger charge is -2.27. The molecule has 4 nitrogen and oxygen atoms in total. The Morgan fingerprint density at radius 2 is 1.74 bits per heavy atom. The number of aryl methyl sites for hydroxylation is 2. The number of hydrogen-bond acceptors (Lipinski definition) is 4. The highest BCUT2D eigenvalue weighted by atomic mass is 32.2. The van der Waals surface area contributed by atoms with Crippen molar-refractivity contribution in [1.82, 2.24) is 4.98 Å². The summed E-state index contributed by atoms with van der Waals surface area (Å²) < 4.78 is 0. The Balaban J connectivity index is 1.75. The molecule has 0 spiro atoms. The van der Waals surface area contributed by atoms with Crippen LogP contribution in [0.3, 0.4) is 0 Å². The van der Waals surface area contributed by atoms with Gasteiger partial charge in [-0.15, -0.1) is 0 Å². The number of hydrogen-bond donors (Lipinski definition) is 0. The first-order valence-electron chi connectivity index (χ1n) is 8.64. The summed E-state index contributed by atoms with van der Waals surface area (Å²) in [5.74, 6) is 0.178. The molecule has 4 rings (SSSR count). The Morgan fingerprint density at radius 1 is 1.09 bits per heavy atom. The van der Waals surface area contributed by atoms with Gasteiger partial charge in [0.15, 0.2) is 5.12 Å². The van der Waals surface area contributed by atoms with E-state index in [1.807, 2.05) is 4.90 Å². The molecule has 1 unspecified atom stereocenters. The van der Waals surface area contributed by atoms with Gasteiger partial charge in [0, 0.05) is 36.5 Å². The summed E-state index contributed by atoms with van der Waals surface area (Å²) in [6, 6.07) is 0. The van der Waals surface area contributed by atoms with E-state index in [4.69, 9.17) is 4.98 Å². The zero-order chi connectivity index (χ0) is 16.0. The largest absolute Gasteiger partial charge is 0.311 e. The van der Waals surface area contributed by atoms with E-state index >= 15 is 0 Å². The lowest BCUT2D eigenvalue weighted by Crippen LogP contribution is -2.29. The number of nitrogens with zero attached hydrogens (tertiary/aromatic N) is 2. The normalized spacial score (nSPS) is 23.1. The van der Waals surface area contributed by atoms with Crippen molar-refractivity contribution in [2.45, 2.75) is 63.5 Å². The number of carbonyl (C=O) groups is 2. The Bertz CT molecular complexity index is 686. The van der Waals surface area contributed by atoms with E-state index in [-0.39, 0.29) is 16.3 Å². The van der Waals surface area contributed by atoms with Crippen LogP contribution < -0.4 is 4.90 Å². The molecule has 1 saturated heterocycles. The third-order valence-electron chi connectivity index (χ3n) is 5.16. The van der Waals surface area contributed by atoms with E-state index < -0.39 is 0 Å².